The zero-order chi connectivity index (χ0) is 15.9. The number of ether oxygens (including phenoxy) is 2. The lowest BCUT2D eigenvalue weighted by Crippen LogP contribution is -2.13. The molecule has 0 spiro atoms. The van der Waals surface area contributed by atoms with Crippen LogP contribution in [0.3, 0.4) is 0 Å². The number of hydrogen-bond donors (Lipinski definition) is 1. The standard InChI is InChI=1S/C19H25NO2/c1-14-12-16(8-9-19(14)22-4)18(10-11-20-2)15-6-5-7-17(13-15)21-3/h5-9,12-13,18,20H,10-11H2,1-4H3. The van der Waals surface area contributed by atoms with Crippen molar-refractivity contribution in [1.29, 1.82) is 0 Å². The number of benzene rings is 2. The molecule has 0 saturated carbocycles. The SMILES string of the molecule is CNCCC(c1cccc(OC)c1)c1ccc(OC)c(C)c1. The Kier molecular flexibility index (Phi) is 5.84. The number of aryl methyl sites for hydroxylation is 1. The summed E-state index contributed by atoms with van der Waals surface area (Å²) in [5.74, 6) is 2.17. The molecule has 2 aromatic carbocycles. The van der Waals surface area contributed by atoms with E-state index >= 15 is 0 Å². The Morgan fingerprint density at radius 2 is 1.77 bits per heavy atom. The Morgan fingerprint density at radius 1 is 1.00 bits per heavy atom. The van der Waals surface area contributed by atoms with Crippen LogP contribution in [0, 0.1) is 6.92 Å². The molecule has 0 aliphatic carbocycles. The molecule has 1 N–H and O–H groups in total. The van der Waals surface area contributed by atoms with Gasteiger partial charge in [-0.05, 0) is 61.8 Å². The van der Waals surface area contributed by atoms with Crippen molar-refractivity contribution in [2.24, 2.45) is 0 Å². The van der Waals surface area contributed by atoms with Gasteiger partial charge in [0.15, 0.2) is 0 Å². The normalized spacial score (nSPS) is 12.0. The molecule has 3 nitrogen and oxygen atoms in total. The fraction of sp³-hybridized carbons (Fsp3) is 0.368. The lowest BCUT2D eigenvalue weighted by Gasteiger charge is -2.20. The van der Waals surface area contributed by atoms with Gasteiger partial charge in [0.05, 0.1) is 14.2 Å². The molecule has 0 saturated heterocycles. The Labute approximate surface area is 133 Å². The second kappa shape index (κ2) is 7.85. The van der Waals surface area contributed by atoms with E-state index in [9.17, 15) is 0 Å². The minimum Gasteiger partial charge on any atom is -0.497 e. The second-order valence-corrected chi connectivity index (χ2v) is 5.45. The predicted octanol–water partition coefficient (Wildman–Crippen LogP) is 3.75. The second-order valence-electron chi connectivity index (χ2n) is 5.45. The van der Waals surface area contributed by atoms with Gasteiger partial charge in [-0.25, -0.2) is 0 Å². The quantitative estimate of drug-likeness (QED) is 0.844. The summed E-state index contributed by atoms with van der Waals surface area (Å²) < 4.78 is 10.7. The maximum Gasteiger partial charge on any atom is 0.121 e. The molecule has 0 aliphatic heterocycles. The van der Waals surface area contributed by atoms with Crippen molar-refractivity contribution in [3.8, 4) is 11.5 Å². The first-order chi connectivity index (χ1) is 10.7. The summed E-state index contributed by atoms with van der Waals surface area (Å²) in [6.45, 7) is 3.05. The van der Waals surface area contributed by atoms with Gasteiger partial charge in [-0.2, -0.15) is 0 Å². The van der Waals surface area contributed by atoms with Crippen LogP contribution < -0.4 is 14.8 Å². The Bertz CT molecular complexity index is 610. The molecule has 1 atom stereocenters. The number of nitrogens with one attached hydrogen (secondary N) is 1. The first-order valence-electron chi connectivity index (χ1n) is 7.62. The lowest BCUT2D eigenvalue weighted by molar-refractivity contribution is 0.411. The molecular formula is C19H25NO2. The van der Waals surface area contributed by atoms with Crippen molar-refractivity contribution in [2.45, 2.75) is 19.3 Å². The third kappa shape index (κ3) is 3.80. The molecule has 0 amide bonds. The average Bonchev–Trinajstić information content (AvgIpc) is 2.55. The van der Waals surface area contributed by atoms with Crippen LogP contribution in [0.4, 0.5) is 0 Å². The van der Waals surface area contributed by atoms with E-state index in [1.165, 1.54) is 11.1 Å². The van der Waals surface area contributed by atoms with E-state index in [-0.39, 0.29) is 0 Å². The smallest absolute Gasteiger partial charge is 0.121 e. The highest BCUT2D eigenvalue weighted by atomic mass is 16.5. The molecule has 1 unspecified atom stereocenters. The van der Waals surface area contributed by atoms with Crippen LogP contribution >= 0.6 is 0 Å². The minimum absolute atomic E-state index is 0.340. The van der Waals surface area contributed by atoms with E-state index in [0.29, 0.717) is 5.92 Å². The van der Waals surface area contributed by atoms with E-state index in [0.717, 1.165) is 30.0 Å². The molecule has 0 fully saturated rings. The molecule has 0 bridgehead atoms. The van der Waals surface area contributed by atoms with Crippen molar-refractivity contribution >= 4 is 0 Å². The number of rotatable bonds is 7. The molecule has 0 aliphatic rings. The molecule has 0 aromatic heterocycles. The zero-order valence-corrected chi connectivity index (χ0v) is 13.8. The highest BCUT2D eigenvalue weighted by Crippen LogP contribution is 2.32. The largest absolute Gasteiger partial charge is 0.497 e. The van der Waals surface area contributed by atoms with Crippen LogP contribution in [-0.4, -0.2) is 27.8 Å². The van der Waals surface area contributed by atoms with Crippen molar-refractivity contribution in [3.05, 3.63) is 59.2 Å². The van der Waals surface area contributed by atoms with Crippen LogP contribution in [0.2, 0.25) is 0 Å². The molecule has 0 heterocycles. The van der Waals surface area contributed by atoms with Crippen LogP contribution in [0.1, 0.15) is 29.0 Å². The Balaban J connectivity index is 2.38. The van der Waals surface area contributed by atoms with Crippen LogP contribution in [0.25, 0.3) is 0 Å². The lowest BCUT2D eigenvalue weighted by atomic mass is 9.87. The summed E-state index contributed by atoms with van der Waals surface area (Å²) in [6, 6.07) is 14.8. The first-order valence-corrected chi connectivity index (χ1v) is 7.62. The van der Waals surface area contributed by atoms with Crippen LogP contribution in [0.15, 0.2) is 42.5 Å². The predicted molar refractivity (Wildman–Crippen MR) is 91.1 cm³/mol. The van der Waals surface area contributed by atoms with Crippen LogP contribution in [-0.2, 0) is 0 Å². The summed E-state index contributed by atoms with van der Waals surface area (Å²) in [5, 5.41) is 3.25. The van der Waals surface area contributed by atoms with Gasteiger partial charge in [0.25, 0.3) is 0 Å². The van der Waals surface area contributed by atoms with Crippen molar-refractivity contribution in [2.75, 3.05) is 27.8 Å². The number of hydrogen-bond acceptors (Lipinski definition) is 3. The van der Waals surface area contributed by atoms with Gasteiger partial charge in [-0.1, -0.05) is 24.3 Å². The van der Waals surface area contributed by atoms with Gasteiger partial charge in [0.1, 0.15) is 11.5 Å². The van der Waals surface area contributed by atoms with E-state index in [1.54, 1.807) is 14.2 Å². The minimum atomic E-state index is 0.340. The van der Waals surface area contributed by atoms with E-state index in [2.05, 4.69) is 48.6 Å². The molecule has 118 valence electrons. The molecule has 2 aromatic rings. The van der Waals surface area contributed by atoms with Gasteiger partial charge in [-0.15, -0.1) is 0 Å². The fourth-order valence-electron chi connectivity index (χ4n) is 2.79. The maximum atomic E-state index is 5.37. The summed E-state index contributed by atoms with van der Waals surface area (Å²) in [4.78, 5) is 0. The zero-order valence-electron chi connectivity index (χ0n) is 13.8. The third-order valence-electron chi connectivity index (χ3n) is 4.00. The van der Waals surface area contributed by atoms with Crippen LogP contribution in [0.5, 0.6) is 11.5 Å². The van der Waals surface area contributed by atoms with E-state index in [1.807, 2.05) is 13.1 Å². The van der Waals surface area contributed by atoms with Gasteiger partial charge in [-0.3, -0.25) is 0 Å². The van der Waals surface area contributed by atoms with E-state index < -0.39 is 0 Å². The summed E-state index contributed by atoms with van der Waals surface area (Å²) in [6.07, 6.45) is 1.04. The average molecular weight is 299 g/mol. The van der Waals surface area contributed by atoms with Crippen molar-refractivity contribution in [1.82, 2.24) is 5.32 Å². The van der Waals surface area contributed by atoms with E-state index in [4.69, 9.17) is 9.47 Å². The first kappa shape index (κ1) is 16.4. The number of methoxy groups -OCH3 is 2. The summed E-state index contributed by atoms with van der Waals surface area (Å²) in [5.41, 5.74) is 3.75. The highest BCUT2D eigenvalue weighted by Gasteiger charge is 2.15. The monoisotopic (exact) mass is 299 g/mol. The maximum absolute atomic E-state index is 5.37. The third-order valence-corrected chi connectivity index (χ3v) is 4.00. The Morgan fingerprint density at radius 3 is 2.41 bits per heavy atom. The Hall–Kier alpha value is -2.00. The molecule has 22 heavy (non-hydrogen) atoms. The van der Waals surface area contributed by atoms with Crippen molar-refractivity contribution < 1.29 is 9.47 Å². The summed E-state index contributed by atoms with van der Waals surface area (Å²) >= 11 is 0. The summed E-state index contributed by atoms with van der Waals surface area (Å²) in [7, 11) is 5.41. The topological polar surface area (TPSA) is 30.5 Å². The van der Waals surface area contributed by atoms with Crippen molar-refractivity contribution in [3.63, 3.8) is 0 Å². The van der Waals surface area contributed by atoms with Gasteiger partial charge >= 0.3 is 0 Å². The molecule has 2 rings (SSSR count). The van der Waals surface area contributed by atoms with Gasteiger partial charge < -0.3 is 14.8 Å². The molecule has 3 heteroatoms. The molecular weight excluding hydrogens is 274 g/mol. The highest BCUT2D eigenvalue weighted by molar-refractivity contribution is 5.42. The fourth-order valence-corrected chi connectivity index (χ4v) is 2.79. The van der Waals surface area contributed by atoms with Gasteiger partial charge in [0.2, 0.25) is 0 Å². The molecule has 0 radical (unpaired) electrons. The van der Waals surface area contributed by atoms with Gasteiger partial charge in [0, 0.05) is 5.92 Å².